The average Bonchev–Trinajstić information content (AvgIpc) is 2.25. The summed E-state index contributed by atoms with van der Waals surface area (Å²) in [6.45, 7) is 5.94. The van der Waals surface area contributed by atoms with Crippen molar-refractivity contribution in [2.75, 3.05) is 31.2 Å². The number of nitrogens with two attached hydrogens (primary N) is 1. The van der Waals surface area contributed by atoms with Gasteiger partial charge in [0.05, 0.1) is 10.0 Å². The first-order valence-corrected chi connectivity index (χ1v) is 6.23. The largest absolute Gasteiger partial charge is 0.382 e. The van der Waals surface area contributed by atoms with E-state index in [1.807, 2.05) is 0 Å². The van der Waals surface area contributed by atoms with Gasteiger partial charge in [0.2, 0.25) is 0 Å². The third-order valence-corrected chi connectivity index (χ3v) is 3.19. The van der Waals surface area contributed by atoms with Gasteiger partial charge >= 0.3 is 0 Å². The van der Waals surface area contributed by atoms with Gasteiger partial charge in [-0.15, -0.1) is 0 Å². The van der Waals surface area contributed by atoms with Crippen LogP contribution < -0.4 is 11.1 Å². The van der Waals surface area contributed by atoms with Crippen LogP contribution in [0.25, 0.3) is 0 Å². The van der Waals surface area contributed by atoms with Gasteiger partial charge in [-0.25, -0.2) is 4.98 Å². The first-order chi connectivity index (χ1) is 7.91. The third-order valence-electron chi connectivity index (χ3n) is 2.60. The van der Waals surface area contributed by atoms with Crippen LogP contribution in [-0.4, -0.2) is 36.1 Å². The predicted octanol–water partition coefficient (Wildman–Crippen LogP) is 2.72. The number of nitrogen functional groups attached to an aromatic ring is 1. The van der Waals surface area contributed by atoms with E-state index >= 15 is 0 Å². The van der Waals surface area contributed by atoms with E-state index in [0.717, 1.165) is 13.1 Å². The van der Waals surface area contributed by atoms with E-state index in [4.69, 9.17) is 28.9 Å². The van der Waals surface area contributed by atoms with Crippen LogP contribution in [0.15, 0.2) is 6.07 Å². The molecule has 0 radical (unpaired) electrons. The Labute approximate surface area is 112 Å². The molecule has 17 heavy (non-hydrogen) atoms. The minimum Gasteiger partial charge on any atom is -0.382 e. The highest BCUT2D eigenvalue weighted by atomic mass is 35.5. The zero-order valence-corrected chi connectivity index (χ0v) is 11.8. The van der Waals surface area contributed by atoms with E-state index in [0.29, 0.717) is 21.9 Å². The lowest BCUT2D eigenvalue weighted by Gasteiger charge is -2.21. The highest BCUT2D eigenvalue weighted by Crippen LogP contribution is 2.27. The molecule has 0 bridgehead atoms. The van der Waals surface area contributed by atoms with Crippen LogP contribution in [0.4, 0.5) is 11.6 Å². The third kappa shape index (κ3) is 4.22. The molecule has 3 N–H and O–H groups in total. The highest BCUT2D eigenvalue weighted by Gasteiger charge is 2.07. The summed E-state index contributed by atoms with van der Waals surface area (Å²) in [5, 5.41) is 4.00. The number of aromatic nitrogens is 1. The predicted molar refractivity (Wildman–Crippen MR) is 74.9 cm³/mol. The van der Waals surface area contributed by atoms with Crippen molar-refractivity contribution in [3.05, 3.63) is 16.1 Å². The van der Waals surface area contributed by atoms with Gasteiger partial charge in [0.15, 0.2) is 0 Å². The average molecular weight is 277 g/mol. The second kappa shape index (κ2) is 6.28. The summed E-state index contributed by atoms with van der Waals surface area (Å²) in [5.74, 6) is 0.863. The maximum absolute atomic E-state index is 6.00. The summed E-state index contributed by atoms with van der Waals surface area (Å²) in [7, 11) is 2.07. The molecule has 0 fully saturated rings. The molecule has 0 atom stereocenters. The molecule has 0 saturated carbocycles. The Morgan fingerprint density at radius 3 is 2.65 bits per heavy atom. The van der Waals surface area contributed by atoms with Crippen LogP contribution in [0, 0.1) is 0 Å². The summed E-state index contributed by atoms with van der Waals surface area (Å²) >= 11 is 11.8. The van der Waals surface area contributed by atoms with Crippen molar-refractivity contribution in [2.45, 2.75) is 19.9 Å². The van der Waals surface area contributed by atoms with E-state index in [9.17, 15) is 0 Å². The van der Waals surface area contributed by atoms with Crippen molar-refractivity contribution in [1.29, 1.82) is 0 Å². The molecule has 0 unspecified atom stereocenters. The van der Waals surface area contributed by atoms with Crippen molar-refractivity contribution in [3.63, 3.8) is 0 Å². The summed E-state index contributed by atoms with van der Waals surface area (Å²) in [6, 6.07) is 2.11. The fourth-order valence-corrected chi connectivity index (χ4v) is 1.64. The minimum atomic E-state index is 0.288. The van der Waals surface area contributed by atoms with Gasteiger partial charge in [-0.05, 0) is 27.0 Å². The lowest BCUT2D eigenvalue weighted by atomic mass is 10.3. The van der Waals surface area contributed by atoms with E-state index in [-0.39, 0.29) is 5.82 Å². The molecule has 1 rings (SSSR count). The Hall–Kier alpha value is -0.710. The SMILES string of the molecule is CC(C)N(C)CCNc1nc(N)c(Cl)cc1Cl. The standard InChI is InChI=1S/C11H18Cl2N4/c1-7(2)17(3)5-4-15-11-9(13)6-8(12)10(14)16-11/h6-7H,4-5H2,1-3H3,(H3,14,15,16). The topological polar surface area (TPSA) is 54.2 Å². The van der Waals surface area contributed by atoms with Crippen molar-refractivity contribution in [1.82, 2.24) is 9.88 Å². The lowest BCUT2D eigenvalue weighted by Crippen LogP contribution is -2.31. The fourth-order valence-electron chi connectivity index (χ4n) is 1.21. The molecule has 0 aliphatic carbocycles. The molecular formula is C11H18Cl2N4. The first kappa shape index (κ1) is 14.4. The number of rotatable bonds is 5. The zero-order chi connectivity index (χ0) is 13.0. The molecule has 96 valence electrons. The second-order valence-corrected chi connectivity index (χ2v) is 5.00. The number of nitrogens with zero attached hydrogens (tertiary/aromatic N) is 2. The molecule has 1 aromatic rings. The zero-order valence-electron chi connectivity index (χ0n) is 10.3. The molecule has 0 amide bonds. The van der Waals surface area contributed by atoms with Gasteiger partial charge in [0, 0.05) is 19.1 Å². The molecule has 0 saturated heterocycles. The Kier molecular flexibility index (Phi) is 5.31. The molecule has 1 aromatic heterocycles. The maximum atomic E-state index is 6.00. The van der Waals surface area contributed by atoms with E-state index in [2.05, 4.69) is 36.1 Å². The van der Waals surface area contributed by atoms with Gasteiger partial charge in [0.25, 0.3) is 0 Å². The van der Waals surface area contributed by atoms with Gasteiger partial charge in [0.1, 0.15) is 11.6 Å². The molecule has 0 spiro atoms. The summed E-state index contributed by atoms with van der Waals surface area (Å²) < 4.78 is 0. The molecule has 4 nitrogen and oxygen atoms in total. The van der Waals surface area contributed by atoms with Crippen molar-refractivity contribution in [2.24, 2.45) is 0 Å². The van der Waals surface area contributed by atoms with Crippen LogP contribution >= 0.6 is 23.2 Å². The number of nitrogens with one attached hydrogen (secondary N) is 1. The normalized spacial score (nSPS) is 11.2. The molecule has 0 aliphatic rings. The van der Waals surface area contributed by atoms with Gasteiger partial charge in [-0.1, -0.05) is 23.2 Å². The summed E-state index contributed by atoms with van der Waals surface area (Å²) in [4.78, 5) is 6.32. The smallest absolute Gasteiger partial charge is 0.147 e. The summed E-state index contributed by atoms with van der Waals surface area (Å²) in [5.41, 5.74) is 5.62. The number of anilines is 2. The number of pyridine rings is 1. The maximum Gasteiger partial charge on any atom is 0.147 e. The monoisotopic (exact) mass is 276 g/mol. The Morgan fingerprint density at radius 2 is 2.06 bits per heavy atom. The van der Waals surface area contributed by atoms with Crippen LogP contribution in [0.1, 0.15) is 13.8 Å². The number of hydrogen-bond acceptors (Lipinski definition) is 4. The minimum absolute atomic E-state index is 0.288. The van der Waals surface area contributed by atoms with E-state index in [1.165, 1.54) is 0 Å². The van der Waals surface area contributed by atoms with Crippen LogP contribution in [-0.2, 0) is 0 Å². The van der Waals surface area contributed by atoms with Crippen LogP contribution in [0.3, 0.4) is 0 Å². The van der Waals surface area contributed by atoms with E-state index < -0.39 is 0 Å². The van der Waals surface area contributed by atoms with Gasteiger partial charge < -0.3 is 16.0 Å². The van der Waals surface area contributed by atoms with Crippen LogP contribution in [0.5, 0.6) is 0 Å². The summed E-state index contributed by atoms with van der Waals surface area (Å²) in [6.07, 6.45) is 0. The quantitative estimate of drug-likeness (QED) is 0.869. The fraction of sp³-hybridized carbons (Fsp3) is 0.545. The van der Waals surface area contributed by atoms with Gasteiger partial charge in [-0.2, -0.15) is 0 Å². The van der Waals surface area contributed by atoms with Crippen molar-refractivity contribution in [3.8, 4) is 0 Å². The number of likely N-dealkylation sites (N-methyl/N-ethyl adjacent to an activating group) is 1. The molecule has 0 aromatic carbocycles. The molecule has 6 heteroatoms. The second-order valence-electron chi connectivity index (χ2n) is 4.19. The Bertz CT molecular complexity index is 382. The lowest BCUT2D eigenvalue weighted by molar-refractivity contribution is 0.284. The van der Waals surface area contributed by atoms with Crippen molar-refractivity contribution >= 4 is 34.8 Å². The van der Waals surface area contributed by atoms with Crippen LogP contribution in [0.2, 0.25) is 10.0 Å². The van der Waals surface area contributed by atoms with E-state index in [1.54, 1.807) is 6.07 Å². The first-order valence-electron chi connectivity index (χ1n) is 5.47. The van der Waals surface area contributed by atoms with Crippen molar-refractivity contribution < 1.29 is 0 Å². The molecule has 0 aliphatic heterocycles. The molecule has 1 heterocycles. The Balaban J connectivity index is 2.55. The number of halogens is 2. The highest BCUT2D eigenvalue weighted by molar-refractivity contribution is 6.37. The molecular weight excluding hydrogens is 259 g/mol. The van der Waals surface area contributed by atoms with Gasteiger partial charge in [-0.3, -0.25) is 0 Å². The Morgan fingerprint density at radius 1 is 1.41 bits per heavy atom. The number of hydrogen-bond donors (Lipinski definition) is 2.